The van der Waals surface area contributed by atoms with E-state index < -0.39 is 5.97 Å². The lowest BCUT2D eigenvalue weighted by Crippen LogP contribution is -2.06. The summed E-state index contributed by atoms with van der Waals surface area (Å²) in [5.41, 5.74) is 1.05. The number of nitrogens with zero attached hydrogens (tertiary/aromatic N) is 2. The van der Waals surface area contributed by atoms with Gasteiger partial charge in [0, 0.05) is 10.4 Å². The molecule has 2 aromatic rings. The van der Waals surface area contributed by atoms with Gasteiger partial charge in [-0.25, -0.2) is 4.79 Å². The van der Waals surface area contributed by atoms with Crippen LogP contribution in [0.2, 0.25) is 5.02 Å². The van der Waals surface area contributed by atoms with Gasteiger partial charge in [0.15, 0.2) is 0 Å². The number of carboxylic acids is 1. The zero-order valence-electron chi connectivity index (χ0n) is 9.77. The van der Waals surface area contributed by atoms with Gasteiger partial charge in [-0.1, -0.05) is 24.4 Å². The third kappa shape index (κ3) is 1.77. The first-order valence-electron chi connectivity index (χ1n) is 6.07. The highest BCUT2D eigenvalue weighted by atomic mass is 35.5. The van der Waals surface area contributed by atoms with Crippen molar-refractivity contribution in [3.8, 4) is 0 Å². The maximum absolute atomic E-state index is 11.2. The predicted molar refractivity (Wildman–Crippen MR) is 69.2 cm³/mol. The number of halogens is 1. The van der Waals surface area contributed by atoms with Crippen molar-refractivity contribution in [2.75, 3.05) is 0 Å². The number of fused-ring (bicyclic) bond motifs is 1. The van der Waals surface area contributed by atoms with Crippen LogP contribution in [0.1, 0.15) is 42.1 Å². The smallest absolute Gasteiger partial charge is 0.336 e. The monoisotopic (exact) mass is 264 g/mol. The van der Waals surface area contributed by atoms with Crippen molar-refractivity contribution >= 4 is 28.5 Å². The van der Waals surface area contributed by atoms with Crippen molar-refractivity contribution in [1.82, 2.24) is 9.78 Å². The van der Waals surface area contributed by atoms with Gasteiger partial charge in [-0.15, -0.1) is 0 Å². The van der Waals surface area contributed by atoms with E-state index in [-0.39, 0.29) is 5.56 Å². The van der Waals surface area contributed by atoms with E-state index in [1.807, 2.05) is 4.68 Å². The second-order valence-electron chi connectivity index (χ2n) is 4.72. The standard InChI is InChI=1S/C13H13ClN2O2/c14-8-5-10(13(17)18)11-7-15-16(12(11)6-8)9-3-1-2-4-9/h5-7,9H,1-4H2,(H,17,18). The Balaban J connectivity index is 2.20. The molecule has 0 unspecified atom stereocenters. The van der Waals surface area contributed by atoms with Gasteiger partial charge in [-0.3, -0.25) is 4.68 Å². The van der Waals surface area contributed by atoms with Crippen LogP contribution in [0.3, 0.4) is 0 Å². The number of carboxylic acid groups (broad SMARTS) is 1. The molecule has 3 rings (SSSR count). The van der Waals surface area contributed by atoms with E-state index in [2.05, 4.69) is 5.10 Å². The molecule has 0 atom stereocenters. The first-order valence-corrected chi connectivity index (χ1v) is 6.44. The lowest BCUT2D eigenvalue weighted by atomic mass is 10.1. The minimum absolute atomic E-state index is 0.224. The fraction of sp³-hybridized carbons (Fsp3) is 0.385. The fourth-order valence-electron chi connectivity index (χ4n) is 2.73. The summed E-state index contributed by atoms with van der Waals surface area (Å²) in [7, 11) is 0. The number of hydrogen-bond donors (Lipinski definition) is 1. The van der Waals surface area contributed by atoms with E-state index >= 15 is 0 Å². The zero-order valence-corrected chi connectivity index (χ0v) is 10.5. The lowest BCUT2D eigenvalue weighted by Gasteiger charge is -2.11. The average molecular weight is 265 g/mol. The molecule has 1 saturated carbocycles. The average Bonchev–Trinajstić information content (AvgIpc) is 2.94. The Kier molecular flexibility index (Phi) is 2.74. The highest BCUT2D eigenvalue weighted by molar-refractivity contribution is 6.32. The Hall–Kier alpha value is -1.55. The molecule has 0 bridgehead atoms. The number of aromatic nitrogens is 2. The number of aromatic carboxylic acids is 1. The predicted octanol–water partition coefficient (Wildman–Crippen LogP) is 3.50. The summed E-state index contributed by atoms with van der Waals surface area (Å²) >= 11 is 6.00. The van der Waals surface area contributed by atoms with Gasteiger partial charge in [0.05, 0.1) is 23.3 Å². The van der Waals surface area contributed by atoms with Crippen LogP contribution in [0.15, 0.2) is 18.3 Å². The van der Waals surface area contributed by atoms with Crippen molar-refractivity contribution in [1.29, 1.82) is 0 Å². The Morgan fingerprint density at radius 1 is 1.39 bits per heavy atom. The first kappa shape index (κ1) is 11.5. The van der Waals surface area contributed by atoms with Crippen LogP contribution in [-0.2, 0) is 0 Å². The molecule has 18 heavy (non-hydrogen) atoms. The summed E-state index contributed by atoms with van der Waals surface area (Å²) in [5, 5.41) is 14.7. The molecule has 1 aromatic heterocycles. The Labute approximate surface area is 109 Å². The zero-order chi connectivity index (χ0) is 12.7. The van der Waals surface area contributed by atoms with Crippen LogP contribution in [0, 0.1) is 0 Å². The van der Waals surface area contributed by atoms with Crippen LogP contribution in [0.5, 0.6) is 0 Å². The van der Waals surface area contributed by atoms with Crippen LogP contribution >= 0.6 is 11.6 Å². The van der Waals surface area contributed by atoms with Gasteiger partial charge in [-0.2, -0.15) is 5.10 Å². The van der Waals surface area contributed by atoms with Gasteiger partial charge in [-0.05, 0) is 25.0 Å². The van der Waals surface area contributed by atoms with Gasteiger partial charge in [0.25, 0.3) is 0 Å². The molecule has 4 nitrogen and oxygen atoms in total. The summed E-state index contributed by atoms with van der Waals surface area (Å²) in [6.07, 6.45) is 6.25. The van der Waals surface area contributed by atoms with E-state index in [0.717, 1.165) is 18.4 Å². The maximum Gasteiger partial charge on any atom is 0.336 e. The van der Waals surface area contributed by atoms with E-state index in [4.69, 9.17) is 11.6 Å². The Morgan fingerprint density at radius 2 is 2.11 bits per heavy atom. The van der Waals surface area contributed by atoms with E-state index in [1.54, 1.807) is 12.3 Å². The number of carbonyl (C=O) groups is 1. The molecule has 5 heteroatoms. The lowest BCUT2D eigenvalue weighted by molar-refractivity contribution is 0.0699. The highest BCUT2D eigenvalue weighted by Gasteiger charge is 2.21. The molecule has 0 amide bonds. The highest BCUT2D eigenvalue weighted by Crippen LogP contribution is 2.33. The third-order valence-corrected chi connectivity index (χ3v) is 3.80. The van der Waals surface area contributed by atoms with E-state index in [9.17, 15) is 9.90 Å². The fourth-order valence-corrected chi connectivity index (χ4v) is 2.94. The largest absolute Gasteiger partial charge is 0.478 e. The molecular weight excluding hydrogens is 252 g/mol. The van der Waals surface area contributed by atoms with Gasteiger partial charge < -0.3 is 5.11 Å². The molecule has 0 aliphatic heterocycles. The Morgan fingerprint density at radius 3 is 2.78 bits per heavy atom. The molecule has 0 saturated heterocycles. The second kappa shape index (κ2) is 4.28. The molecule has 1 fully saturated rings. The molecule has 0 radical (unpaired) electrons. The summed E-state index contributed by atoms with van der Waals surface area (Å²) in [4.78, 5) is 11.2. The summed E-state index contributed by atoms with van der Waals surface area (Å²) < 4.78 is 1.93. The summed E-state index contributed by atoms with van der Waals surface area (Å²) in [5.74, 6) is -0.964. The quantitative estimate of drug-likeness (QED) is 0.903. The van der Waals surface area contributed by atoms with Gasteiger partial charge in [0.1, 0.15) is 0 Å². The molecule has 1 aliphatic carbocycles. The number of hydrogen-bond acceptors (Lipinski definition) is 2. The van der Waals surface area contributed by atoms with Gasteiger partial charge in [0.2, 0.25) is 0 Å². The molecular formula is C13H13ClN2O2. The number of rotatable bonds is 2. The van der Waals surface area contributed by atoms with Crippen molar-refractivity contribution in [3.05, 3.63) is 28.9 Å². The topological polar surface area (TPSA) is 55.1 Å². The molecule has 94 valence electrons. The molecule has 0 spiro atoms. The minimum Gasteiger partial charge on any atom is -0.478 e. The normalized spacial score (nSPS) is 16.5. The second-order valence-corrected chi connectivity index (χ2v) is 5.16. The third-order valence-electron chi connectivity index (χ3n) is 3.58. The molecule has 1 aromatic carbocycles. The summed E-state index contributed by atoms with van der Waals surface area (Å²) in [6, 6.07) is 3.66. The molecule has 1 N–H and O–H groups in total. The van der Waals surface area contributed by atoms with Crippen LogP contribution in [-0.4, -0.2) is 20.9 Å². The first-order chi connectivity index (χ1) is 8.66. The van der Waals surface area contributed by atoms with Gasteiger partial charge >= 0.3 is 5.97 Å². The maximum atomic E-state index is 11.2. The van der Waals surface area contributed by atoms with Crippen molar-refractivity contribution in [2.24, 2.45) is 0 Å². The SMILES string of the molecule is O=C(O)c1cc(Cl)cc2c1cnn2C1CCCC1. The van der Waals surface area contributed by atoms with Crippen LogP contribution < -0.4 is 0 Å². The Bertz CT molecular complexity index is 615. The van der Waals surface area contributed by atoms with Crippen LogP contribution in [0.4, 0.5) is 0 Å². The summed E-state index contributed by atoms with van der Waals surface area (Å²) in [6.45, 7) is 0. The van der Waals surface area contributed by atoms with Crippen molar-refractivity contribution < 1.29 is 9.90 Å². The van der Waals surface area contributed by atoms with E-state index in [1.165, 1.54) is 18.9 Å². The van der Waals surface area contributed by atoms with Crippen molar-refractivity contribution in [3.63, 3.8) is 0 Å². The molecule has 1 aliphatic rings. The minimum atomic E-state index is -0.964. The molecule has 1 heterocycles. The van der Waals surface area contributed by atoms with Crippen molar-refractivity contribution in [2.45, 2.75) is 31.7 Å². The van der Waals surface area contributed by atoms with Crippen LogP contribution in [0.25, 0.3) is 10.9 Å². The number of benzene rings is 1. The van der Waals surface area contributed by atoms with E-state index in [0.29, 0.717) is 16.5 Å².